The highest BCUT2D eigenvalue weighted by Gasteiger charge is 2.29. The van der Waals surface area contributed by atoms with Crippen molar-refractivity contribution >= 4 is 27.7 Å². The van der Waals surface area contributed by atoms with Crippen LogP contribution in [0.25, 0.3) is 0 Å². The molecule has 0 N–H and O–H groups in total. The van der Waals surface area contributed by atoms with Crippen molar-refractivity contribution in [3.05, 3.63) is 54.2 Å². The van der Waals surface area contributed by atoms with Crippen molar-refractivity contribution in [3.63, 3.8) is 0 Å². The molecule has 9 heteroatoms. The van der Waals surface area contributed by atoms with Crippen LogP contribution in [0.5, 0.6) is 0 Å². The Bertz CT molecular complexity index is 972. The zero-order chi connectivity index (χ0) is 21.7. The van der Waals surface area contributed by atoms with Crippen LogP contribution >= 0.6 is 11.8 Å². The number of pyridine rings is 1. The van der Waals surface area contributed by atoms with E-state index >= 15 is 0 Å². The Labute approximate surface area is 187 Å². The molecular weight excluding hydrogens is 434 g/mol. The van der Waals surface area contributed by atoms with Gasteiger partial charge in [-0.15, -0.1) is 0 Å². The summed E-state index contributed by atoms with van der Waals surface area (Å²) >= 11 is 1.37. The standard InChI is InChI=1S/C22H27N3O4S2/c26-22(24-11-5-2-6-12-24)21(18-7-3-1-4-8-18)30-20-10-9-19(17-23-20)31(27,28)25-13-15-29-16-14-25/h1,3-4,7-10,17,21H,2,5-6,11-16H2. The molecule has 2 aromatic rings. The number of nitrogens with zero attached hydrogens (tertiary/aromatic N) is 3. The van der Waals surface area contributed by atoms with Gasteiger partial charge in [-0.25, -0.2) is 13.4 Å². The quantitative estimate of drug-likeness (QED) is 0.616. The third-order valence-electron chi connectivity index (χ3n) is 5.55. The summed E-state index contributed by atoms with van der Waals surface area (Å²) in [4.78, 5) is 19.8. The van der Waals surface area contributed by atoms with Crippen molar-refractivity contribution in [2.75, 3.05) is 39.4 Å². The molecule has 1 aromatic carbocycles. The maximum Gasteiger partial charge on any atom is 0.244 e. The number of hydrogen-bond donors (Lipinski definition) is 0. The van der Waals surface area contributed by atoms with Crippen LogP contribution in [-0.2, 0) is 19.6 Å². The lowest BCUT2D eigenvalue weighted by atomic mass is 10.1. The molecule has 2 saturated heterocycles. The Balaban J connectivity index is 1.53. The van der Waals surface area contributed by atoms with Gasteiger partial charge in [-0.05, 0) is 37.0 Å². The largest absolute Gasteiger partial charge is 0.379 e. The number of rotatable bonds is 6. The summed E-state index contributed by atoms with van der Waals surface area (Å²) < 4.78 is 32.3. The average molecular weight is 462 g/mol. The average Bonchev–Trinajstić information content (AvgIpc) is 2.84. The molecule has 1 amide bonds. The molecule has 0 aliphatic carbocycles. The number of sulfonamides is 1. The summed E-state index contributed by atoms with van der Waals surface area (Å²) in [6.45, 7) is 3.06. The maximum absolute atomic E-state index is 13.3. The first-order chi connectivity index (χ1) is 15.1. The molecule has 2 aliphatic heterocycles. The topological polar surface area (TPSA) is 79.8 Å². The van der Waals surface area contributed by atoms with Crippen molar-refractivity contribution in [2.45, 2.75) is 34.4 Å². The van der Waals surface area contributed by atoms with Crippen molar-refractivity contribution in [3.8, 4) is 0 Å². The van der Waals surface area contributed by atoms with Crippen molar-refractivity contribution in [2.24, 2.45) is 0 Å². The molecule has 4 rings (SSSR count). The predicted molar refractivity (Wildman–Crippen MR) is 119 cm³/mol. The Morgan fingerprint density at radius 3 is 2.32 bits per heavy atom. The second-order valence-electron chi connectivity index (χ2n) is 7.64. The van der Waals surface area contributed by atoms with Gasteiger partial charge in [0.25, 0.3) is 0 Å². The molecule has 0 saturated carbocycles. The molecule has 166 valence electrons. The first-order valence-electron chi connectivity index (χ1n) is 10.6. The number of carbonyl (C=O) groups excluding carboxylic acids is 1. The van der Waals surface area contributed by atoms with Gasteiger partial charge in [0.05, 0.1) is 18.2 Å². The van der Waals surface area contributed by atoms with Crippen LogP contribution < -0.4 is 0 Å². The Kier molecular flexibility index (Phi) is 7.27. The van der Waals surface area contributed by atoms with E-state index in [-0.39, 0.29) is 10.8 Å². The van der Waals surface area contributed by atoms with Crippen molar-refractivity contribution in [1.29, 1.82) is 0 Å². The number of benzene rings is 1. The number of carbonyl (C=O) groups is 1. The number of ether oxygens (including phenoxy) is 1. The van der Waals surface area contributed by atoms with E-state index in [1.807, 2.05) is 35.2 Å². The van der Waals surface area contributed by atoms with E-state index in [2.05, 4.69) is 4.98 Å². The van der Waals surface area contributed by atoms with Crippen LogP contribution in [0.3, 0.4) is 0 Å². The summed E-state index contributed by atoms with van der Waals surface area (Å²) in [5, 5.41) is 0.216. The first kappa shape index (κ1) is 22.3. The van der Waals surface area contributed by atoms with E-state index in [1.54, 1.807) is 12.1 Å². The molecule has 1 atom stereocenters. The highest BCUT2D eigenvalue weighted by molar-refractivity contribution is 8.00. The summed E-state index contributed by atoms with van der Waals surface area (Å²) in [6.07, 6.45) is 4.61. The zero-order valence-corrected chi connectivity index (χ0v) is 19.0. The third-order valence-corrected chi connectivity index (χ3v) is 8.62. The van der Waals surface area contributed by atoms with Gasteiger partial charge in [0.15, 0.2) is 0 Å². The monoisotopic (exact) mass is 461 g/mol. The minimum absolute atomic E-state index is 0.0858. The molecule has 7 nitrogen and oxygen atoms in total. The Morgan fingerprint density at radius 2 is 1.68 bits per heavy atom. The van der Waals surface area contributed by atoms with Gasteiger partial charge in [-0.1, -0.05) is 42.1 Å². The fourth-order valence-corrected chi connectivity index (χ4v) is 6.21. The first-order valence-corrected chi connectivity index (χ1v) is 12.9. The second-order valence-corrected chi connectivity index (χ2v) is 10.7. The van der Waals surface area contributed by atoms with E-state index in [0.717, 1.165) is 37.9 Å². The molecule has 2 aliphatic rings. The van der Waals surface area contributed by atoms with Crippen LogP contribution in [-0.4, -0.2) is 67.9 Å². The van der Waals surface area contributed by atoms with E-state index in [0.29, 0.717) is 31.3 Å². The molecule has 1 unspecified atom stereocenters. The van der Waals surface area contributed by atoms with Gasteiger partial charge >= 0.3 is 0 Å². The number of piperidine rings is 1. The molecule has 0 bridgehead atoms. The van der Waals surface area contributed by atoms with Gasteiger partial charge in [-0.3, -0.25) is 4.79 Å². The minimum Gasteiger partial charge on any atom is -0.379 e. The number of thioether (sulfide) groups is 1. The number of likely N-dealkylation sites (tertiary alicyclic amines) is 1. The van der Waals surface area contributed by atoms with Gasteiger partial charge in [-0.2, -0.15) is 4.31 Å². The number of morpholine rings is 1. The van der Waals surface area contributed by atoms with Gasteiger partial charge < -0.3 is 9.64 Å². The predicted octanol–water partition coefficient (Wildman–Crippen LogP) is 2.95. The van der Waals surface area contributed by atoms with E-state index in [1.165, 1.54) is 22.3 Å². The lowest BCUT2D eigenvalue weighted by Crippen LogP contribution is -2.40. The van der Waals surface area contributed by atoms with Gasteiger partial charge in [0.1, 0.15) is 10.1 Å². The van der Waals surface area contributed by atoms with Crippen molar-refractivity contribution in [1.82, 2.24) is 14.2 Å². The van der Waals surface area contributed by atoms with Crippen LogP contribution in [0.15, 0.2) is 58.6 Å². The SMILES string of the molecule is O=C(C(Sc1ccc(S(=O)(=O)N2CCOCC2)cn1)c1ccccc1)N1CCCCC1. The fourth-order valence-electron chi connectivity index (χ4n) is 3.81. The highest BCUT2D eigenvalue weighted by atomic mass is 32.2. The minimum atomic E-state index is -3.59. The molecule has 0 spiro atoms. The van der Waals surface area contributed by atoms with E-state index < -0.39 is 15.3 Å². The summed E-state index contributed by atoms with van der Waals surface area (Å²) in [5.41, 5.74) is 0.926. The fraction of sp³-hybridized carbons (Fsp3) is 0.455. The molecule has 2 fully saturated rings. The third kappa shape index (κ3) is 5.28. The normalized spacial score (nSPS) is 19.2. The zero-order valence-electron chi connectivity index (χ0n) is 17.4. The van der Waals surface area contributed by atoms with E-state index in [9.17, 15) is 13.2 Å². The summed E-state index contributed by atoms with van der Waals surface area (Å²) in [6, 6.07) is 13.0. The smallest absolute Gasteiger partial charge is 0.244 e. The lowest BCUT2D eigenvalue weighted by Gasteiger charge is -2.30. The molecule has 0 radical (unpaired) electrons. The molecule has 1 aromatic heterocycles. The van der Waals surface area contributed by atoms with Crippen LogP contribution in [0.4, 0.5) is 0 Å². The molecular formula is C22H27N3O4S2. The summed E-state index contributed by atoms with van der Waals surface area (Å²) in [5.74, 6) is 0.0858. The second kappa shape index (κ2) is 10.1. The number of hydrogen-bond acceptors (Lipinski definition) is 6. The lowest BCUT2D eigenvalue weighted by molar-refractivity contribution is -0.131. The Hall–Kier alpha value is -1.94. The summed E-state index contributed by atoms with van der Waals surface area (Å²) in [7, 11) is -3.59. The highest BCUT2D eigenvalue weighted by Crippen LogP contribution is 2.36. The Morgan fingerprint density at radius 1 is 0.968 bits per heavy atom. The number of amides is 1. The van der Waals surface area contributed by atoms with Crippen molar-refractivity contribution < 1.29 is 17.9 Å². The van der Waals surface area contributed by atoms with Crippen LogP contribution in [0, 0.1) is 0 Å². The van der Waals surface area contributed by atoms with Crippen LogP contribution in [0.1, 0.15) is 30.1 Å². The maximum atomic E-state index is 13.3. The van der Waals surface area contributed by atoms with E-state index in [4.69, 9.17) is 4.74 Å². The molecule has 3 heterocycles. The van der Waals surface area contributed by atoms with Gasteiger partial charge in [0.2, 0.25) is 15.9 Å². The van der Waals surface area contributed by atoms with Crippen LogP contribution in [0.2, 0.25) is 0 Å². The van der Waals surface area contributed by atoms with Gasteiger partial charge in [0, 0.05) is 32.4 Å². The molecule has 31 heavy (non-hydrogen) atoms. The number of aromatic nitrogens is 1.